The molecule has 0 amide bonds. The Labute approximate surface area is 141 Å². The van der Waals surface area contributed by atoms with Crippen LogP contribution in [0.1, 0.15) is 15.9 Å². The third-order valence-corrected chi connectivity index (χ3v) is 3.52. The van der Waals surface area contributed by atoms with Crippen LogP contribution in [-0.4, -0.2) is 34.2 Å². The van der Waals surface area contributed by atoms with E-state index in [0.29, 0.717) is 28.6 Å². The van der Waals surface area contributed by atoms with Crippen LogP contribution in [0.2, 0.25) is 0 Å². The van der Waals surface area contributed by atoms with Gasteiger partial charge in [-0.3, -0.25) is 4.79 Å². The Morgan fingerprint density at radius 2 is 1.54 bits per heavy atom. The number of ether oxygens (including phenoxy) is 4. The second-order valence-electron chi connectivity index (χ2n) is 4.85. The monoisotopic (exact) mass is 328 g/mol. The molecule has 0 fully saturated rings. The van der Waals surface area contributed by atoms with Crippen LogP contribution in [0.4, 0.5) is 0 Å². The lowest BCUT2D eigenvalue weighted by atomic mass is 10.1. The van der Waals surface area contributed by atoms with Gasteiger partial charge in [0.15, 0.2) is 28.8 Å². The van der Waals surface area contributed by atoms with Crippen LogP contribution in [0, 0.1) is 0 Å². The number of benzene rings is 2. The van der Waals surface area contributed by atoms with E-state index in [0.717, 1.165) is 5.56 Å². The van der Waals surface area contributed by atoms with Gasteiger partial charge in [0.2, 0.25) is 0 Å². The predicted molar refractivity (Wildman–Crippen MR) is 92.5 cm³/mol. The standard InChI is InChI=1S/C19H20O5/c1-21-16-11-9-14(12-18(16)23-3)15(20)10-8-13-6-5-7-17(22-2)19(13)24-4/h5-12H,1-4H3/b10-8-. The Bertz CT molecular complexity index is 749. The SMILES string of the molecule is COc1ccc(C(=O)/C=C\c2cccc(OC)c2OC)cc1OC. The molecule has 24 heavy (non-hydrogen) atoms. The predicted octanol–water partition coefficient (Wildman–Crippen LogP) is 3.62. The molecule has 0 N–H and O–H groups in total. The maximum Gasteiger partial charge on any atom is 0.185 e. The molecule has 0 bridgehead atoms. The molecule has 0 saturated heterocycles. The Morgan fingerprint density at radius 1 is 0.833 bits per heavy atom. The van der Waals surface area contributed by atoms with Crippen LogP contribution in [0.25, 0.3) is 6.08 Å². The first kappa shape index (κ1) is 17.4. The molecule has 0 spiro atoms. The second-order valence-corrected chi connectivity index (χ2v) is 4.85. The summed E-state index contributed by atoms with van der Waals surface area (Å²) in [5, 5.41) is 0. The van der Waals surface area contributed by atoms with E-state index in [-0.39, 0.29) is 5.78 Å². The summed E-state index contributed by atoms with van der Waals surface area (Å²) < 4.78 is 21.0. The van der Waals surface area contributed by atoms with E-state index in [2.05, 4.69) is 0 Å². The van der Waals surface area contributed by atoms with Gasteiger partial charge in [0, 0.05) is 11.1 Å². The summed E-state index contributed by atoms with van der Waals surface area (Å²) in [5.41, 5.74) is 1.26. The molecule has 126 valence electrons. The van der Waals surface area contributed by atoms with Gasteiger partial charge in [-0.25, -0.2) is 0 Å². The fourth-order valence-electron chi connectivity index (χ4n) is 2.29. The number of rotatable bonds is 7. The summed E-state index contributed by atoms with van der Waals surface area (Å²) in [6.45, 7) is 0. The molecule has 2 aromatic carbocycles. The largest absolute Gasteiger partial charge is 0.493 e. The van der Waals surface area contributed by atoms with Gasteiger partial charge in [0.05, 0.1) is 28.4 Å². The third kappa shape index (κ3) is 3.68. The summed E-state index contributed by atoms with van der Waals surface area (Å²) in [6, 6.07) is 10.5. The van der Waals surface area contributed by atoms with E-state index in [1.165, 1.54) is 13.2 Å². The topological polar surface area (TPSA) is 54.0 Å². The van der Waals surface area contributed by atoms with Gasteiger partial charge in [0.25, 0.3) is 0 Å². The molecular weight excluding hydrogens is 308 g/mol. The summed E-state index contributed by atoms with van der Waals surface area (Å²) in [6.07, 6.45) is 3.18. The molecule has 2 rings (SSSR count). The smallest absolute Gasteiger partial charge is 0.185 e. The first-order chi connectivity index (χ1) is 11.6. The molecule has 5 nitrogen and oxygen atoms in total. The number of hydrogen-bond donors (Lipinski definition) is 0. The first-order valence-electron chi connectivity index (χ1n) is 7.30. The molecule has 0 aromatic heterocycles. The van der Waals surface area contributed by atoms with Gasteiger partial charge >= 0.3 is 0 Å². The van der Waals surface area contributed by atoms with Gasteiger partial charge in [-0.05, 0) is 36.4 Å². The zero-order valence-corrected chi connectivity index (χ0v) is 14.2. The van der Waals surface area contributed by atoms with Crippen molar-refractivity contribution in [2.24, 2.45) is 0 Å². The van der Waals surface area contributed by atoms with Gasteiger partial charge in [-0.1, -0.05) is 12.1 Å². The molecule has 0 heterocycles. The van der Waals surface area contributed by atoms with Crippen LogP contribution in [0.5, 0.6) is 23.0 Å². The minimum absolute atomic E-state index is 0.152. The lowest BCUT2D eigenvalue weighted by Crippen LogP contribution is -1.98. The average Bonchev–Trinajstić information content (AvgIpc) is 2.64. The highest BCUT2D eigenvalue weighted by molar-refractivity contribution is 6.07. The first-order valence-corrected chi connectivity index (χ1v) is 7.30. The minimum atomic E-state index is -0.152. The highest BCUT2D eigenvalue weighted by Crippen LogP contribution is 2.32. The molecule has 0 atom stereocenters. The summed E-state index contributed by atoms with van der Waals surface area (Å²) in [4.78, 5) is 12.4. The molecule has 5 heteroatoms. The number of ketones is 1. The molecule has 0 aliphatic heterocycles. The Hall–Kier alpha value is -2.95. The fraction of sp³-hybridized carbons (Fsp3) is 0.211. The molecule has 0 saturated carbocycles. The van der Waals surface area contributed by atoms with Crippen molar-refractivity contribution in [3.05, 3.63) is 53.6 Å². The van der Waals surface area contributed by atoms with Crippen LogP contribution in [-0.2, 0) is 0 Å². The molecule has 2 aromatic rings. The number of hydrogen-bond acceptors (Lipinski definition) is 5. The van der Waals surface area contributed by atoms with E-state index in [1.54, 1.807) is 51.7 Å². The average molecular weight is 328 g/mol. The number of carbonyl (C=O) groups is 1. The quantitative estimate of drug-likeness (QED) is 0.574. The van der Waals surface area contributed by atoms with Crippen molar-refractivity contribution in [2.45, 2.75) is 0 Å². The molecule has 0 aliphatic carbocycles. The second kappa shape index (κ2) is 8.06. The molecule has 0 unspecified atom stereocenters. The van der Waals surface area contributed by atoms with Gasteiger partial charge in [0.1, 0.15) is 0 Å². The van der Waals surface area contributed by atoms with E-state index in [9.17, 15) is 4.79 Å². The van der Waals surface area contributed by atoms with Gasteiger partial charge in [-0.15, -0.1) is 0 Å². The lowest BCUT2D eigenvalue weighted by molar-refractivity contribution is 0.104. The van der Waals surface area contributed by atoms with Crippen molar-refractivity contribution in [1.82, 2.24) is 0 Å². The zero-order chi connectivity index (χ0) is 17.5. The van der Waals surface area contributed by atoms with Crippen LogP contribution in [0.15, 0.2) is 42.5 Å². The van der Waals surface area contributed by atoms with E-state index in [1.807, 2.05) is 12.1 Å². The van der Waals surface area contributed by atoms with Crippen LogP contribution in [0.3, 0.4) is 0 Å². The normalized spacial score (nSPS) is 10.5. The van der Waals surface area contributed by atoms with Gasteiger partial charge in [-0.2, -0.15) is 0 Å². The number of para-hydroxylation sites is 1. The number of methoxy groups -OCH3 is 4. The van der Waals surface area contributed by atoms with Gasteiger partial charge < -0.3 is 18.9 Å². The van der Waals surface area contributed by atoms with E-state index in [4.69, 9.17) is 18.9 Å². The van der Waals surface area contributed by atoms with Crippen molar-refractivity contribution < 1.29 is 23.7 Å². The minimum Gasteiger partial charge on any atom is -0.493 e. The molecule has 0 aliphatic rings. The molecule has 0 radical (unpaired) electrons. The summed E-state index contributed by atoms with van der Waals surface area (Å²) in [5.74, 6) is 2.12. The maximum atomic E-state index is 12.4. The Morgan fingerprint density at radius 3 is 2.17 bits per heavy atom. The van der Waals surface area contributed by atoms with Crippen molar-refractivity contribution in [3.8, 4) is 23.0 Å². The zero-order valence-electron chi connectivity index (χ0n) is 14.2. The number of carbonyl (C=O) groups excluding carboxylic acids is 1. The van der Waals surface area contributed by atoms with Crippen LogP contribution >= 0.6 is 0 Å². The Kier molecular flexibility index (Phi) is 5.84. The Balaban J connectivity index is 2.28. The highest BCUT2D eigenvalue weighted by Gasteiger charge is 2.10. The lowest BCUT2D eigenvalue weighted by Gasteiger charge is -2.10. The van der Waals surface area contributed by atoms with Crippen molar-refractivity contribution in [2.75, 3.05) is 28.4 Å². The van der Waals surface area contributed by atoms with Crippen molar-refractivity contribution >= 4 is 11.9 Å². The van der Waals surface area contributed by atoms with Crippen molar-refractivity contribution in [1.29, 1.82) is 0 Å². The summed E-state index contributed by atoms with van der Waals surface area (Å²) >= 11 is 0. The fourth-order valence-corrected chi connectivity index (χ4v) is 2.29. The highest BCUT2D eigenvalue weighted by atomic mass is 16.5. The van der Waals surface area contributed by atoms with Crippen LogP contribution < -0.4 is 18.9 Å². The van der Waals surface area contributed by atoms with Crippen molar-refractivity contribution in [3.63, 3.8) is 0 Å². The van der Waals surface area contributed by atoms with E-state index < -0.39 is 0 Å². The third-order valence-electron chi connectivity index (χ3n) is 3.52. The van der Waals surface area contributed by atoms with E-state index >= 15 is 0 Å². The maximum absolute atomic E-state index is 12.4. The number of allylic oxidation sites excluding steroid dienone is 1. The summed E-state index contributed by atoms with van der Waals surface area (Å²) in [7, 11) is 6.21. The molecular formula is C19H20O5.